The Labute approximate surface area is 147 Å². The molecule has 1 N–H and O–H groups in total. The quantitative estimate of drug-likeness (QED) is 0.775. The van der Waals surface area contributed by atoms with E-state index in [0.29, 0.717) is 12.0 Å². The largest absolute Gasteiger partial charge is 0.322 e. The van der Waals surface area contributed by atoms with Crippen LogP contribution in [0.2, 0.25) is 0 Å². The monoisotopic (exact) mass is 331 g/mol. The number of para-hydroxylation sites is 2. The van der Waals surface area contributed by atoms with Crippen LogP contribution in [0, 0.1) is 13.8 Å². The zero-order chi connectivity index (χ0) is 17.4. The number of hydrogen-bond acceptors (Lipinski definition) is 5. The SMILES string of the molecule is Cc1cccc(C)c1Nc1nncc(N2c3ccccc3CC2C)n1. The van der Waals surface area contributed by atoms with E-state index < -0.39 is 0 Å². The molecule has 0 amide bonds. The number of aryl methyl sites for hydroxylation is 2. The maximum absolute atomic E-state index is 4.72. The van der Waals surface area contributed by atoms with E-state index in [1.165, 1.54) is 11.3 Å². The predicted octanol–water partition coefficient (Wildman–Crippen LogP) is 4.31. The fraction of sp³-hybridized carbons (Fsp3) is 0.250. The number of rotatable bonds is 3. The summed E-state index contributed by atoms with van der Waals surface area (Å²) in [6.07, 6.45) is 2.74. The molecule has 126 valence electrons. The van der Waals surface area contributed by atoms with Crippen LogP contribution in [0.25, 0.3) is 0 Å². The Bertz CT molecular complexity index is 901. The molecule has 1 aliphatic rings. The van der Waals surface area contributed by atoms with Crippen LogP contribution in [0.5, 0.6) is 0 Å². The van der Waals surface area contributed by atoms with Gasteiger partial charge in [0, 0.05) is 17.4 Å². The summed E-state index contributed by atoms with van der Waals surface area (Å²) in [5.41, 5.74) is 5.91. The summed E-state index contributed by atoms with van der Waals surface area (Å²) in [7, 11) is 0. The van der Waals surface area contributed by atoms with Crippen molar-refractivity contribution in [2.45, 2.75) is 33.2 Å². The zero-order valence-electron chi connectivity index (χ0n) is 14.7. The lowest BCUT2D eigenvalue weighted by atomic mass is 10.1. The third-order valence-electron chi connectivity index (χ3n) is 4.72. The standard InChI is InChI=1S/C20H21N5/c1-13-7-6-8-14(2)19(13)23-20-22-18(12-21-24-20)25-15(3)11-16-9-4-5-10-17(16)25/h4-10,12,15H,11H2,1-3H3,(H,22,23,24). The first-order chi connectivity index (χ1) is 12.1. The summed E-state index contributed by atoms with van der Waals surface area (Å²) in [5.74, 6) is 1.34. The molecule has 0 spiro atoms. The van der Waals surface area contributed by atoms with Crippen molar-refractivity contribution in [2.24, 2.45) is 0 Å². The van der Waals surface area contributed by atoms with Crippen molar-refractivity contribution in [1.82, 2.24) is 15.2 Å². The van der Waals surface area contributed by atoms with Gasteiger partial charge in [0.05, 0.1) is 6.20 Å². The summed E-state index contributed by atoms with van der Waals surface area (Å²) < 4.78 is 0. The lowest BCUT2D eigenvalue weighted by Crippen LogP contribution is -2.25. The van der Waals surface area contributed by atoms with Crippen LogP contribution in [0.4, 0.5) is 23.1 Å². The molecule has 0 bridgehead atoms. The average Bonchev–Trinajstić information content (AvgIpc) is 2.94. The molecule has 4 rings (SSSR count). The maximum atomic E-state index is 4.72. The highest BCUT2D eigenvalue weighted by Crippen LogP contribution is 2.37. The number of anilines is 4. The van der Waals surface area contributed by atoms with Gasteiger partial charge in [-0.05, 0) is 49.9 Å². The second kappa shape index (κ2) is 6.16. The Morgan fingerprint density at radius 3 is 2.60 bits per heavy atom. The maximum Gasteiger partial charge on any atom is 0.249 e. The lowest BCUT2D eigenvalue weighted by Gasteiger charge is -2.23. The minimum Gasteiger partial charge on any atom is -0.322 e. The van der Waals surface area contributed by atoms with E-state index in [4.69, 9.17) is 4.98 Å². The Kier molecular flexibility index (Phi) is 3.84. The number of hydrogen-bond donors (Lipinski definition) is 1. The normalized spacial score (nSPS) is 16.0. The van der Waals surface area contributed by atoms with Gasteiger partial charge in [-0.25, -0.2) is 0 Å². The molecule has 1 aliphatic heterocycles. The van der Waals surface area contributed by atoms with E-state index in [1.807, 2.05) is 6.07 Å². The molecule has 5 heteroatoms. The molecule has 0 fully saturated rings. The molecule has 3 aromatic rings. The van der Waals surface area contributed by atoms with Crippen LogP contribution >= 0.6 is 0 Å². The first kappa shape index (κ1) is 15.6. The van der Waals surface area contributed by atoms with Gasteiger partial charge in [-0.3, -0.25) is 0 Å². The number of fused-ring (bicyclic) bond motifs is 1. The van der Waals surface area contributed by atoms with Gasteiger partial charge in [0.1, 0.15) is 0 Å². The highest BCUT2D eigenvalue weighted by molar-refractivity contribution is 5.69. The molecule has 1 atom stereocenters. The van der Waals surface area contributed by atoms with Gasteiger partial charge >= 0.3 is 0 Å². The van der Waals surface area contributed by atoms with Crippen molar-refractivity contribution in [3.63, 3.8) is 0 Å². The summed E-state index contributed by atoms with van der Waals surface area (Å²) in [6.45, 7) is 6.36. The van der Waals surface area contributed by atoms with Gasteiger partial charge in [0.25, 0.3) is 0 Å². The number of nitrogens with one attached hydrogen (secondary N) is 1. The second-order valence-electron chi connectivity index (χ2n) is 6.58. The smallest absolute Gasteiger partial charge is 0.249 e. The van der Waals surface area contributed by atoms with Crippen molar-refractivity contribution in [3.05, 3.63) is 65.4 Å². The third-order valence-corrected chi connectivity index (χ3v) is 4.72. The molecule has 0 saturated heterocycles. The Balaban J connectivity index is 1.69. The molecule has 1 aromatic heterocycles. The number of aromatic nitrogens is 3. The molecule has 2 heterocycles. The highest BCUT2D eigenvalue weighted by atomic mass is 15.3. The second-order valence-corrected chi connectivity index (χ2v) is 6.58. The van der Waals surface area contributed by atoms with Crippen LogP contribution in [0.3, 0.4) is 0 Å². The van der Waals surface area contributed by atoms with Crippen LogP contribution in [-0.4, -0.2) is 21.2 Å². The first-order valence-corrected chi connectivity index (χ1v) is 8.53. The first-order valence-electron chi connectivity index (χ1n) is 8.53. The molecule has 1 unspecified atom stereocenters. The number of nitrogens with zero attached hydrogens (tertiary/aromatic N) is 4. The fourth-order valence-electron chi connectivity index (χ4n) is 3.50. The summed E-state index contributed by atoms with van der Waals surface area (Å²) >= 11 is 0. The summed E-state index contributed by atoms with van der Waals surface area (Å²) in [4.78, 5) is 6.96. The van der Waals surface area contributed by atoms with Crippen molar-refractivity contribution >= 4 is 23.1 Å². The van der Waals surface area contributed by atoms with E-state index in [0.717, 1.165) is 29.1 Å². The molecular weight excluding hydrogens is 310 g/mol. The van der Waals surface area contributed by atoms with Gasteiger partial charge in [-0.1, -0.05) is 36.4 Å². The molecule has 0 radical (unpaired) electrons. The van der Waals surface area contributed by atoms with E-state index >= 15 is 0 Å². The van der Waals surface area contributed by atoms with Gasteiger partial charge in [-0.15, -0.1) is 5.10 Å². The minimum atomic E-state index is 0.349. The lowest BCUT2D eigenvalue weighted by molar-refractivity contribution is 0.745. The van der Waals surface area contributed by atoms with Crippen LogP contribution in [0.1, 0.15) is 23.6 Å². The molecule has 5 nitrogen and oxygen atoms in total. The van der Waals surface area contributed by atoms with Gasteiger partial charge in [-0.2, -0.15) is 10.1 Å². The third kappa shape index (κ3) is 2.82. The molecule has 0 saturated carbocycles. The fourth-order valence-corrected chi connectivity index (χ4v) is 3.50. The van der Waals surface area contributed by atoms with E-state index in [-0.39, 0.29) is 0 Å². The highest BCUT2D eigenvalue weighted by Gasteiger charge is 2.28. The minimum absolute atomic E-state index is 0.349. The molecule has 0 aliphatic carbocycles. The van der Waals surface area contributed by atoms with E-state index in [2.05, 4.69) is 77.6 Å². The van der Waals surface area contributed by atoms with Gasteiger partial charge in [0.2, 0.25) is 5.95 Å². The van der Waals surface area contributed by atoms with Crippen LogP contribution in [0.15, 0.2) is 48.7 Å². The zero-order valence-corrected chi connectivity index (χ0v) is 14.7. The summed E-state index contributed by atoms with van der Waals surface area (Å²) in [5, 5.41) is 11.7. The molecule has 25 heavy (non-hydrogen) atoms. The summed E-state index contributed by atoms with van der Waals surface area (Å²) in [6, 6.07) is 15.0. The topological polar surface area (TPSA) is 53.9 Å². The van der Waals surface area contributed by atoms with E-state index in [1.54, 1.807) is 6.20 Å². The van der Waals surface area contributed by atoms with Gasteiger partial charge in [0.15, 0.2) is 5.82 Å². The molecule has 2 aromatic carbocycles. The average molecular weight is 331 g/mol. The van der Waals surface area contributed by atoms with Crippen molar-refractivity contribution in [1.29, 1.82) is 0 Å². The van der Waals surface area contributed by atoms with Crippen molar-refractivity contribution < 1.29 is 0 Å². The Morgan fingerprint density at radius 2 is 1.80 bits per heavy atom. The van der Waals surface area contributed by atoms with Crippen molar-refractivity contribution in [3.8, 4) is 0 Å². The Hall–Kier alpha value is -2.95. The van der Waals surface area contributed by atoms with Crippen molar-refractivity contribution in [2.75, 3.05) is 10.2 Å². The Morgan fingerprint density at radius 1 is 1.04 bits per heavy atom. The van der Waals surface area contributed by atoms with Crippen LogP contribution < -0.4 is 10.2 Å². The predicted molar refractivity (Wildman–Crippen MR) is 101 cm³/mol. The number of benzene rings is 2. The van der Waals surface area contributed by atoms with E-state index in [9.17, 15) is 0 Å². The van der Waals surface area contributed by atoms with Crippen LogP contribution in [-0.2, 0) is 6.42 Å². The molecular formula is C20H21N5. The van der Waals surface area contributed by atoms with Gasteiger partial charge < -0.3 is 10.2 Å².